The summed E-state index contributed by atoms with van der Waals surface area (Å²) < 4.78 is 17.1. The van der Waals surface area contributed by atoms with E-state index in [1.54, 1.807) is 29.3 Å². The number of benzene rings is 3. The van der Waals surface area contributed by atoms with Gasteiger partial charge in [-0.15, -0.1) is 0 Å². The lowest BCUT2D eigenvalue weighted by atomic mass is 10.0. The van der Waals surface area contributed by atoms with Gasteiger partial charge in [0.25, 0.3) is 0 Å². The van der Waals surface area contributed by atoms with Crippen molar-refractivity contribution in [2.45, 2.75) is 6.92 Å². The minimum Gasteiger partial charge on any atom is -0.326 e. The van der Waals surface area contributed by atoms with Crippen molar-refractivity contribution in [1.82, 2.24) is 19.3 Å². The Bertz CT molecular complexity index is 1390. The van der Waals surface area contributed by atoms with Gasteiger partial charge >= 0.3 is 0 Å². The summed E-state index contributed by atoms with van der Waals surface area (Å²) in [6, 6.07) is 19.8. The summed E-state index contributed by atoms with van der Waals surface area (Å²) in [5, 5.41) is 7.11. The molecule has 6 nitrogen and oxygen atoms in total. The maximum atomic E-state index is 13.4. The van der Waals surface area contributed by atoms with Crippen LogP contribution in [-0.2, 0) is 4.79 Å². The van der Waals surface area contributed by atoms with Crippen LogP contribution in [0.5, 0.6) is 0 Å². The molecule has 5 rings (SSSR count). The van der Waals surface area contributed by atoms with E-state index in [4.69, 9.17) is 0 Å². The van der Waals surface area contributed by atoms with Gasteiger partial charge in [-0.3, -0.25) is 9.36 Å². The molecular formula is C24H18FN5O. The number of anilines is 1. The molecular weight excluding hydrogens is 393 g/mol. The zero-order valence-electron chi connectivity index (χ0n) is 16.7. The molecule has 1 N–H and O–H groups in total. The molecule has 1 amide bonds. The number of aromatic nitrogens is 4. The van der Waals surface area contributed by atoms with Crippen molar-refractivity contribution >= 4 is 22.6 Å². The number of hydrogen-bond donors (Lipinski definition) is 1. The number of carbonyl (C=O) groups excluding carboxylic acids is 1. The molecule has 0 unspecified atom stereocenters. The van der Waals surface area contributed by atoms with Crippen LogP contribution in [0.3, 0.4) is 0 Å². The lowest BCUT2D eigenvalue weighted by molar-refractivity contribution is -0.114. The Balaban J connectivity index is 1.63. The van der Waals surface area contributed by atoms with Gasteiger partial charge in [0.1, 0.15) is 12.1 Å². The first-order chi connectivity index (χ1) is 15.1. The molecule has 0 saturated heterocycles. The predicted molar refractivity (Wildman–Crippen MR) is 118 cm³/mol. The van der Waals surface area contributed by atoms with E-state index >= 15 is 0 Å². The van der Waals surface area contributed by atoms with Crippen molar-refractivity contribution in [3.05, 3.63) is 91.3 Å². The first-order valence-electron chi connectivity index (χ1n) is 9.73. The summed E-state index contributed by atoms with van der Waals surface area (Å²) in [6.07, 6.45) is 5.36. The summed E-state index contributed by atoms with van der Waals surface area (Å²) in [5.41, 5.74) is 5.85. The fraction of sp³-hybridized carbons (Fsp3) is 0.0417. The van der Waals surface area contributed by atoms with Crippen molar-refractivity contribution in [2.24, 2.45) is 0 Å². The van der Waals surface area contributed by atoms with Crippen LogP contribution >= 0.6 is 0 Å². The highest BCUT2D eigenvalue weighted by atomic mass is 19.1. The third-order valence-electron chi connectivity index (χ3n) is 4.99. The number of imidazole rings is 1. The Morgan fingerprint density at radius 3 is 2.55 bits per heavy atom. The molecule has 5 aromatic rings. The number of rotatable bonds is 4. The average Bonchev–Trinajstić information content (AvgIpc) is 3.43. The van der Waals surface area contributed by atoms with E-state index in [1.807, 2.05) is 53.2 Å². The molecule has 0 aliphatic rings. The second kappa shape index (κ2) is 7.53. The van der Waals surface area contributed by atoms with Gasteiger partial charge in [-0.05, 0) is 65.7 Å². The molecule has 3 aromatic carbocycles. The second-order valence-corrected chi connectivity index (χ2v) is 7.19. The van der Waals surface area contributed by atoms with Gasteiger partial charge in [-0.1, -0.05) is 12.1 Å². The van der Waals surface area contributed by atoms with E-state index in [1.165, 1.54) is 19.1 Å². The number of amides is 1. The topological polar surface area (TPSA) is 64.7 Å². The van der Waals surface area contributed by atoms with Crippen molar-refractivity contribution in [3.8, 4) is 22.5 Å². The van der Waals surface area contributed by atoms with Crippen LogP contribution in [0.15, 0.2) is 85.5 Å². The van der Waals surface area contributed by atoms with Crippen LogP contribution < -0.4 is 5.32 Å². The third kappa shape index (κ3) is 3.69. The molecule has 0 radical (unpaired) electrons. The maximum Gasteiger partial charge on any atom is 0.221 e. The molecule has 0 aliphatic carbocycles. The Morgan fingerprint density at radius 2 is 1.81 bits per heavy atom. The largest absolute Gasteiger partial charge is 0.326 e. The fourth-order valence-electron chi connectivity index (χ4n) is 3.61. The molecule has 0 spiro atoms. The summed E-state index contributed by atoms with van der Waals surface area (Å²) >= 11 is 0. The van der Waals surface area contributed by atoms with Crippen molar-refractivity contribution in [3.63, 3.8) is 0 Å². The van der Waals surface area contributed by atoms with Gasteiger partial charge < -0.3 is 5.32 Å². The normalized spacial score (nSPS) is 11.0. The predicted octanol–water partition coefficient (Wildman–Crippen LogP) is 4.98. The highest BCUT2D eigenvalue weighted by Gasteiger charge is 2.11. The fourth-order valence-corrected chi connectivity index (χ4v) is 3.61. The smallest absolute Gasteiger partial charge is 0.221 e. The molecule has 0 fully saturated rings. The number of nitrogens with one attached hydrogen (secondary N) is 1. The van der Waals surface area contributed by atoms with Gasteiger partial charge in [-0.25, -0.2) is 14.1 Å². The van der Waals surface area contributed by atoms with Crippen LogP contribution in [0.2, 0.25) is 0 Å². The van der Waals surface area contributed by atoms with Gasteiger partial charge in [0.15, 0.2) is 0 Å². The molecule has 7 heteroatoms. The standard InChI is InChI=1S/C24H18FN5O/c1-16(31)28-20-11-18(17-3-5-19(25)6-4-17)12-22(13-20)29-15-26-23-14-21(7-8-24(23)29)30-10-2-9-27-30/h2-15H,1H3,(H,28,31). The molecule has 2 aromatic heterocycles. The average molecular weight is 411 g/mol. The first-order valence-corrected chi connectivity index (χ1v) is 9.73. The van der Waals surface area contributed by atoms with Gasteiger partial charge in [0.2, 0.25) is 5.91 Å². The van der Waals surface area contributed by atoms with Crippen LogP contribution in [0.25, 0.3) is 33.5 Å². The zero-order valence-corrected chi connectivity index (χ0v) is 16.7. The Kier molecular flexibility index (Phi) is 4.55. The number of halogens is 1. The minimum atomic E-state index is -0.296. The summed E-state index contributed by atoms with van der Waals surface area (Å²) in [7, 11) is 0. The number of fused-ring (bicyclic) bond motifs is 1. The lowest BCUT2D eigenvalue weighted by Gasteiger charge is -2.12. The van der Waals surface area contributed by atoms with Crippen LogP contribution in [0.1, 0.15) is 6.92 Å². The quantitative estimate of drug-likeness (QED) is 0.454. The van der Waals surface area contributed by atoms with E-state index in [9.17, 15) is 9.18 Å². The third-order valence-corrected chi connectivity index (χ3v) is 4.99. The molecule has 0 aliphatic heterocycles. The van der Waals surface area contributed by atoms with E-state index in [-0.39, 0.29) is 11.7 Å². The lowest BCUT2D eigenvalue weighted by Crippen LogP contribution is -2.06. The van der Waals surface area contributed by atoms with Crippen molar-refractivity contribution in [2.75, 3.05) is 5.32 Å². The molecule has 2 heterocycles. The van der Waals surface area contributed by atoms with Crippen molar-refractivity contribution < 1.29 is 9.18 Å². The van der Waals surface area contributed by atoms with Gasteiger partial charge in [0.05, 0.1) is 16.7 Å². The SMILES string of the molecule is CC(=O)Nc1cc(-c2ccc(F)cc2)cc(-n2cnc3cc(-n4cccn4)ccc32)c1. The zero-order chi connectivity index (χ0) is 21.4. The van der Waals surface area contributed by atoms with Crippen LogP contribution in [0, 0.1) is 5.82 Å². The molecule has 0 bridgehead atoms. The monoisotopic (exact) mass is 411 g/mol. The first kappa shape index (κ1) is 18.7. The van der Waals surface area contributed by atoms with Crippen LogP contribution in [-0.4, -0.2) is 25.2 Å². The van der Waals surface area contributed by atoms with E-state index in [0.29, 0.717) is 5.69 Å². The Morgan fingerprint density at radius 1 is 0.968 bits per heavy atom. The van der Waals surface area contributed by atoms with E-state index in [2.05, 4.69) is 15.4 Å². The van der Waals surface area contributed by atoms with Crippen molar-refractivity contribution in [1.29, 1.82) is 0 Å². The summed E-state index contributed by atoms with van der Waals surface area (Å²) in [5.74, 6) is -0.461. The number of hydrogen-bond acceptors (Lipinski definition) is 3. The maximum absolute atomic E-state index is 13.4. The summed E-state index contributed by atoms with van der Waals surface area (Å²) in [6.45, 7) is 1.47. The molecule has 31 heavy (non-hydrogen) atoms. The highest BCUT2D eigenvalue weighted by molar-refractivity contribution is 5.90. The number of carbonyl (C=O) groups is 1. The number of nitrogens with zero attached hydrogens (tertiary/aromatic N) is 4. The van der Waals surface area contributed by atoms with Gasteiger partial charge in [-0.2, -0.15) is 5.10 Å². The van der Waals surface area contributed by atoms with E-state index in [0.717, 1.165) is 33.5 Å². The van der Waals surface area contributed by atoms with Crippen LogP contribution in [0.4, 0.5) is 10.1 Å². The van der Waals surface area contributed by atoms with Gasteiger partial charge in [0, 0.05) is 30.7 Å². The second-order valence-electron chi connectivity index (χ2n) is 7.19. The summed E-state index contributed by atoms with van der Waals surface area (Å²) in [4.78, 5) is 16.2. The van der Waals surface area contributed by atoms with E-state index < -0.39 is 0 Å². The highest BCUT2D eigenvalue weighted by Crippen LogP contribution is 2.29. The Labute approximate surface area is 177 Å². The Hall–Kier alpha value is -4.26. The molecule has 0 atom stereocenters. The molecule has 0 saturated carbocycles. The minimum absolute atomic E-state index is 0.165. The molecule has 152 valence electrons.